The first kappa shape index (κ1) is 22.4. The van der Waals surface area contributed by atoms with Crippen LogP contribution in [0.15, 0.2) is 35.4 Å². The van der Waals surface area contributed by atoms with E-state index in [2.05, 4.69) is 29.5 Å². The molecule has 0 saturated carbocycles. The summed E-state index contributed by atoms with van der Waals surface area (Å²) in [5.74, 6) is 5.24. The zero-order valence-electron chi connectivity index (χ0n) is 18.1. The zero-order valence-corrected chi connectivity index (χ0v) is 19.8. The number of amidine groups is 1. The highest BCUT2D eigenvalue weighted by Gasteiger charge is 2.28. The first-order valence-corrected chi connectivity index (χ1v) is 12.4. The molecular formula is C23H26N4O3S2. The van der Waals surface area contributed by atoms with E-state index in [9.17, 15) is 9.59 Å². The predicted octanol–water partition coefficient (Wildman–Crippen LogP) is 4.24. The number of thioether (sulfide) groups is 1. The molecule has 7 nitrogen and oxygen atoms in total. The Morgan fingerprint density at radius 2 is 2.12 bits per heavy atom. The number of nitrogens with zero attached hydrogens (tertiary/aromatic N) is 2. The number of nitrogens with two attached hydrogens (primary N) is 1. The molecule has 1 aliphatic heterocycles. The molecular weight excluding hydrogens is 444 g/mol. The third-order valence-corrected chi connectivity index (χ3v) is 7.73. The topological polar surface area (TPSA) is 97.0 Å². The molecule has 2 aliphatic rings. The van der Waals surface area contributed by atoms with Crippen LogP contribution in [-0.4, -0.2) is 35.9 Å². The highest BCUT2D eigenvalue weighted by molar-refractivity contribution is 8.14. The number of thiophene rings is 1. The number of ether oxygens (including phenoxy) is 1. The van der Waals surface area contributed by atoms with Gasteiger partial charge >= 0.3 is 5.97 Å². The van der Waals surface area contributed by atoms with Crippen molar-refractivity contribution < 1.29 is 14.3 Å². The van der Waals surface area contributed by atoms with Gasteiger partial charge in [-0.25, -0.2) is 4.79 Å². The molecule has 0 unspecified atom stereocenters. The summed E-state index contributed by atoms with van der Waals surface area (Å²) >= 11 is 2.75. The van der Waals surface area contributed by atoms with Crippen molar-refractivity contribution >= 4 is 56.4 Å². The molecule has 1 aliphatic carbocycles. The summed E-state index contributed by atoms with van der Waals surface area (Å²) in [4.78, 5) is 28.4. The monoisotopic (exact) mass is 470 g/mol. The van der Waals surface area contributed by atoms with Gasteiger partial charge in [-0.2, -0.15) is 5.10 Å². The molecule has 32 heavy (non-hydrogen) atoms. The van der Waals surface area contributed by atoms with Crippen LogP contribution in [0.1, 0.15) is 46.6 Å². The van der Waals surface area contributed by atoms with E-state index in [0.717, 1.165) is 41.0 Å². The number of carbonyl (C=O) groups is 2. The van der Waals surface area contributed by atoms with Crippen molar-refractivity contribution in [3.63, 3.8) is 0 Å². The van der Waals surface area contributed by atoms with Gasteiger partial charge in [-0.05, 0) is 50.3 Å². The molecule has 1 aromatic heterocycles. The molecule has 0 radical (unpaired) electrons. The van der Waals surface area contributed by atoms with Gasteiger partial charge in [-0.15, -0.1) is 11.3 Å². The van der Waals surface area contributed by atoms with Crippen molar-refractivity contribution in [3.8, 4) is 0 Å². The zero-order chi connectivity index (χ0) is 22.7. The van der Waals surface area contributed by atoms with Gasteiger partial charge in [0, 0.05) is 17.0 Å². The van der Waals surface area contributed by atoms with E-state index >= 15 is 0 Å². The fourth-order valence-electron chi connectivity index (χ4n) is 4.05. The van der Waals surface area contributed by atoms with E-state index in [4.69, 9.17) is 10.6 Å². The Hall–Kier alpha value is -2.78. The maximum Gasteiger partial charge on any atom is 0.341 e. The Balaban J connectivity index is 1.45. The Morgan fingerprint density at radius 1 is 1.31 bits per heavy atom. The van der Waals surface area contributed by atoms with Crippen molar-refractivity contribution in [1.82, 2.24) is 0 Å². The van der Waals surface area contributed by atoms with E-state index < -0.39 is 0 Å². The summed E-state index contributed by atoms with van der Waals surface area (Å²) in [5, 5.41) is 8.01. The smallest absolute Gasteiger partial charge is 0.341 e. The molecule has 4 rings (SSSR count). The van der Waals surface area contributed by atoms with Crippen molar-refractivity contribution in [2.24, 2.45) is 10.9 Å². The fourth-order valence-corrected chi connectivity index (χ4v) is 6.08. The van der Waals surface area contributed by atoms with Crippen LogP contribution < -0.4 is 16.1 Å². The van der Waals surface area contributed by atoms with E-state index in [1.807, 2.05) is 23.1 Å². The normalized spacial score (nSPS) is 15.1. The number of anilines is 2. The summed E-state index contributed by atoms with van der Waals surface area (Å²) in [6, 6.07) is 8.06. The number of fused-ring (bicyclic) bond motifs is 2. The van der Waals surface area contributed by atoms with Crippen LogP contribution in [0.2, 0.25) is 0 Å². The van der Waals surface area contributed by atoms with Gasteiger partial charge in [0.05, 0.1) is 23.6 Å². The maximum absolute atomic E-state index is 12.8. The fraction of sp³-hybridized carbons (Fsp3) is 0.348. The van der Waals surface area contributed by atoms with Crippen LogP contribution in [0.3, 0.4) is 0 Å². The molecule has 0 bridgehead atoms. The first-order valence-electron chi connectivity index (χ1n) is 10.6. The lowest BCUT2D eigenvalue weighted by molar-refractivity contribution is -0.113. The van der Waals surface area contributed by atoms with Gasteiger partial charge in [-0.1, -0.05) is 36.0 Å². The summed E-state index contributed by atoms with van der Waals surface area (Å²) < 4.78 is 5.23. The number of nitrogens with one attached hydrogen (secondary N) is 1. The molecule has 168 valence electrons. The van der Waals surface area contributed by atoms with Crippen LogP contribution >= 0.6 is 23.1 Å². The third-order valence-electron chi connectivity index (χ3n) is 5.53. The van der Waals surface area contributed by atoms with Gasteiger partial charge < -0.3 is 20.8 Å². The van der Waals surface area contributed by atoms with E-state index in [1.165, 1.54) is 28.7 Å². The highest BCUT2D eigenvalue weighted by atomic mass is 32.2. The number of amides is 1. The van der Waals surface area contributed by atoms with Gasteiger partial charge in [-0.3, -0.25) is 4.79 Å². The summed E-state index contributed by atoms with van der Waals surface area (Å²) in [7, 11) is 0. The number of rotatable bonds is 5. The molecule has 1 aromatic carbocycles. The molecule has 0 spiro atoms. The molecule has 2 heterocycles. The maximum atomic E-state index is 12.8. The number of carbonyl (C=O) groups excluding carboxylic acids is 2. The largest absolute Gasteiger partial charge is 0.462 e. The minimum Gasteiger partial charge on any atom is -0.462 e. The van der Waals surface area contributed by atoms with Crippen LogP contribution in [0.4, 0.5) is 10.7 Å². The number of hydrogen-bond donors (Lipinski definition) is 2. The molecule has 0 saturated heterocycles. The first-order chi connectivity index (χ1) is 15.5. The number of allylic oxidation sites excluding steroid dienone is 1. The molecule has 2 aromatic rings. The minimum absolute atomic E-state index is 0.127. The molecule has 0 fully saturated rings. The Kier molecular flexibility index (Phi) is 6.86. The number of benzene rings is 1. The van der Waals surface area contributed by atoms with E-state index in [-0.39, 0.29) is 17.6 Å². The second-order valence-electron chi connectivity index (χ2n) is 7.55. The Bertz CT molecular complexity index is 1110. The average molecular weight is 471 g/mol. The summed E-state index contributed by atoms with van der Waals surface area (Å²) in [6.07, 6.45) is 4.92. The van der Waals surface area contributed by atoms with E-state index in [0.29, 0.717) is 28.9 Å². The summed E-state index contributed by atoms with van der Waals surface area (Å²) in [5.41, 5.74) is 4.88. The number of hydrogen-bond acceptors (Lipinski definition) is 7. The van der Waals surface area contributed by atoms with Crippen molar-refractivity contribution in [1.29, 1.82) is 0 Å². The quantitative estimate of drug-likeness (QED) is 0.223. The standard InChI is InChI=1S/C23H26N4O3S2/c1-3-30-22(29)20-16-8-6-10-18(16)32-21(20)25-19(28)13-31-23(26-24)27-12-11-14(2)15-7-4-5-9-17(15)27/h4-5,7,9,11H,3,6,8,10,12-13,24H2,1-2H3,(H,25,28)/b26-23+. The van der Waals surface area contributed by atoms with Gasteiger partial charge in [0.15, 0.2) is 5.17 Å². The predicted molar refractivity (Wildman–Crippen MR) is 132 cm³/mol. The summed E-state index contributed by atoms with van der Waals surface area (Å²) in [6.45, 7) is 4.80. The van der Waals surface area contributed by atoms with Crippen molar-refractivity contribution in [3.05, 3.63) is 51.9 Å². The van der Waals surface area contributed by atoms with E-state index in [1.54, 1.807) is 6.92 Å². The lowest BCUT2D eigenvalue weighted by Gasteiger charge is -2.30. The average Bonchev–Trinajstić information content (AvgIpc) is 3.36. The van der Waals surface area contributed by atoms with Crippen LogP contribution in [0, 0.1) is 0 Å². The van der Waals surface area contributed by atoms with Crippen LogP contribution in [0.5, 0.6) is 0 Å². The van der Waals surface area contributed by atoms with Crippen LogP contribution in [-0.2, 0) is 22.4 Å². The van der Waals surface area contributed by atoms with Gasteiger partial charge in [0.1, 0.15) is 5.00 Å². The number of aryl methyl sites for hydroxylation is 1. The molecule has 1 amide bonds. The van der Waals surface area contributed by atoms with Crippen molar-refractivity contribution in [2.75, 3.05) is 29.1 Å². The van der Waals surface area contributed by atoms with Crippen LogP contribution in [0.25, 0.3) is 5.57 Å². The molecule has 0 atom stereocenters. The highest BCUT2D eigenvalue weighted by Crippen LogP contribution is 2.39. The third kappa shape index (κ3) is 4.40. The Morgan fingerprint density at radius 3 is 2.91 bits per heavy atom. The Labute approximate surface area is 195 Å². The molecule has 9 heteroatoms. The second-order valence-corrected chi connectivity index (χ2v) is 9.59. The molecule has 3 N–H and O–H groups in total. The SMILES string of the molecule is CCOC(=O)c1c(NC(=O)CS/C(=N/N)N2CC=C(C)c3ccccc32)sc2c1CCC2. The number of hydrazone groups is 1. The second kappa shape index (κ2) is 9.79. The number of esters is 1. The lowest BCUT2D eigenvalue weighted by atomic mass is 10.0. The van der Waals surface area contributed by atoms with Crippen molar-refractivity contribution in [2.45, 2.75) is 33.1 Å². The minimum atomic E-state index is -0.369. The van der Waals surface area contributed by atoms with Gasteiger partial charge in [0.25, 0.3) is 0 Å². The van der Waals surface area contributed by atoms with Gasteiger partial charge in [0.2, 0.25) is 5.91 Å². The number of para-hydroxylation sites is 1. The lowest BCUT2D eigenvalue weighted by Crippen LogP contribution is -2.33.